The molecule has 1 unspecified atom stereocenters. The van der Waals surface area contributed by atoms with E-state index in [0.29, 0.717) is 36.4 Å². The number of likely N-dealkylation sites (N-methyl/N-ethyl adjacent to an activating group) is 1. The zero-order chi connectivity index (χ0) is 31.4. The van der Waals surface area contributed by atoms with Crippen molar-refractivity contribution in [1.82, 2.24) is 4.90 Å². The first-order chi connectivity index (χ1) is 21.0. The molecule has 2 bridgehead atoms. The number of aliphatic hydroxyl groups is 2. The summed E-state index contributed by atoms with van der Waals surface area (Å²) >= 11 is 0. The van der Waals surface area contributed by atoms with Crippen LogP contribution >= 0.6 is 0 Å². The molecule has 3 N–H and O–H groups in total. The number of carbonyl (C=O) groups excluding carboxylic acids is 2. The molecule has 1 saturated heterocycles. The largest absolute Gasteiger partial charge is 0.493 e. The SMILES string of the molecule is COc1ccc2c3c1O[C@H]1C(OC(=O)[C@@H](OC(O)[C@H](CC(=O)O)OC(C)=O)c4ccccc4)=CC[C@@]4(O)[C@@H](C2)N(C)CC[C@]314. The van der Waals surface area contributed by atoms with E-state index in [1.54, 1.807) is 43.5 Å². The Morgan fingerprint density at radius 1 is 1.16 bits per heavy atom. The Morgan fingerprint density at radius 3 is 2.59 bits per heavy atom. The van der Waals surface area contributed by atoms with Crippen LogP contribution < -0.4 is 9.47 Å². The maximum absolute atomic E-state index is 13.9. The van der Waals surface area contributed by atoms with Gasteiger partial charge in [-0.1, -0.05) is 36.4 Å². The van der Waals surface area contributed by atoms with E-state index in [9.17, 15) is 29.7 Å². The number of esters is 2. The molecule has 0 amide bonds. The van der Waals surface area contributed by atoms with Crippen LogP contribution in [0.25, 0.3) is 0 Å². The van der Waals surface area contributed by atoms with E-state index in [4.69, 9.17) is 23.7 Å². The minimum Gasteiger partial charge on any atom is -0.493 e. The van der Waals surface area contributed by atoms with Gasteiger partial charge in [0.05, 0.1) is 24.5 Å². The van der Waals surface area contributed by atoms with E-state index in [1.807, 2.05) is 19.2 Å². The van der Waals surface area contributed by atoms with Gasteiger partial charge in [0, 0.05) is 24.9 Å². The summed E-state index contributed by atoms with van der Waals surface area (Å²) in [6, 6.07) is 11.9. The number of carboxylic acid groups (broad SMARTS) is 1. The number of methoxy groups -OCH3 is 1. The Hall–Kier alpha value is -3.97. The Labute approximate surface area is 253 Å². The van der Waals surface area contributed by atoms with Crippen molar-refractivity contribution in [2.45, 2.75) is 74.3 Å². The van der Waals surface area contributed by atoms with Gasteiger partial charge < -0.3 is 43.9 Å². The molecule has 2 aromatic rings. The minimum atomic E-state index is -1.97. The van der Waals surface area contributed by atoms with Gasteiger partial charge in [0.1, 0.15) is 5.76 Å². The molecule has 2 aromatic carbocycles. The number of likely N-dealkylation sites (tertiary alicyclic amines) is 1. The number of carboxylic acids is 1. The molecule has 4 aliphatic rings. The van der Waals surface area contributed by atoms with Crippen LogP contribution in [-0.4, -0.2) is 89.0 Å². The lowest BCUT2D eigenvalue weighted by atomic mass is 9.50. The predicted molar refractivity (Wildman–Crippen MR) is 152 cm³/mol. The lowest BCUT2D eigenvalue weighted by molar-refractivity contribution is -0.216. The highest BCUT2D eigenvalue weighted by Gasteiger charge is 2.72. The van der Waals surface area contributed by atoms with Gasteiger partial charge in [-0.25, -0.2) is 4.79 Å². The molecule has 1 spiro atoms. The average Bonchev–Trinajstić information content (AvgIpc) is 3.34. The highest BCUT2D eigenvalue weighted by molar-refractivity contribution is 5.78. The van der Waals surface area contributed by atoms with Crippen LogP contribution in [0.3, 0.4) is 0 Å². The fraction of sp³-hybridized carbons (Fsp3) is 0.469. The zero-order valence-corrected chi connectivity index (χ0v) is 24.6. The quantitative estimate of drug-likeness (QED) is 0.266. The van der Waals surface area contributed by atoms with Gasteiger partial charge in [-0.3, -0.25) is 9.59 Å². The molecule has 1 fully saturated rings. The van der Waals surface area contributed by atoms with Crippen molar-refractivity contribution in [3.8, 4) is 11.5 Å². The number of piperidine rings is 1. The minimum absolute atomic E-state index is 0.189. The van der Waals surface area contributed by atoms with E-state index in [-0.39, 0.29) is 18.2 Å². The fourth-order valence-electron chi connectivity index (χ4n) is 7.47. The Balaban J connectivity index is 1.35. The maximum Gasteiger partial charge on any atom is 0.345 e. The normalized spacial score (nSPS) is 28.4. The molecule has 2 heterocycles. The molecule has 2 aliphatic carbocycles. The molecule has 12 nitrogen and oxygen atoms in total. The molecule has 7 atom stereocenters. The van der Waals surface area contributed by atoms with Gasteiger partial charge in [-0.05, 0) is 49.7 Å². The van der Waals surface area contributed by atoms with Gasteiger partial charge >= 0.3 is 17.9 Å². The predicted octanol–water partition coefficient (Wildman–Crippen LogP) is 2.00. The van der Waals surface area contributed by atoms with E-state index < -0.39 is 59.9 Å². The first-order valence-electron chi connectivity index (χ1n) is 14.5. The molecule has 234 valence electrons. The van der Waals surface area contributed by atoms with Crippen LogP contribution in [0.2, 0.25) is 0 Å². The number of rotatable bonds is 10. The Kier molecular flexibility index (Phi) is 7.65. The highest BCUT2D eigenvalue weighted by Crippen LogP contribution is 2.65. The summed E-state index contributed by atoms with van der Waals surface area (Å²) in [5.74, 6) is -1.85. The third-order valence-corrected chi connectivity index (χ3v) is 9.38. The summed E-state index contributed by atoms with van der Waals surface area (Å²) < 4.78 is 28.8. The van der Waals surface area contributed by atoms with Gasteiger partial charge in [-0.15, -0.1) is 0 Å². The summed E-state index contributed by atoms with van der Waals surface area (Å²) in [5.41, 5.74) is 0.123. The number of hydrogen-bond donors (Lipinski definition) is 3. The lowest BCUT2D eigenvalue weighted by Crippen LogP contribution is -2.74. The van der Waals surface area contributed by atoms with Crippen LogP contribution in [0.1, 0.15) is 49.0 Å². The van der Waals surface area contributed by atoms with E-state index in [0.717, 1.165) is 18.1 Å². The van der Waals surface area contributed by atoms with E-state index >= 15 is 0 Å². The summed E-state index contributed by atoms with van der Waals surface area (Å²) in [4.78, 5) is 39.0. The van der Waals surface area contributed by atoms with Gasteiger partial charge in [-0.2, -0.15) is 0 Å². The van der Waals surface area contributed by atoms with Gasteiger partial charge in [0.15, 0.2) is 36.1 Å². The van der Waals surface area contributed by atoms with Crippen molar-refractivity contribution in [2.75, 3.05) is 20.7 Å². The second-order valence-electron chi connectivity index (χ2n) is 11.8. The number of aliphatic hydroxyl groups excluding tert-OH is 1. The van der Waals surface area contributed by atoms with Crippen molar-refractivity contribution in [1.29, 1.82) is 0 Å². The van der Waals surface area contributed by atoms with Crippen molar-refractivity contribution in [2.24, 2.45) is 0 Å². The summed E-state index contributed by atoms with van der Waals surface area (Å²) in [7, 11) is 3.54. The fourth-order valence-corrected chi connectivity index (χ4v) is 7.47. The van der Waals surface area contributed by atoms with Crippen LogP contribution in [-0.2, 0) is 40.4 Å². The standard InChI is InChI=1S/C32H35NO11/c1-17(34)41-22(16-24(35)36)29(37)44-26(18-7-5-4-6-8-18)30(38)42-21-11-12-32(39)23-15-19-9-10-20(40-3)27-25(19)31(32,28(21)43-27)13-14-33(23)2/h4-11,22-23,26,28-29,37,39H,12-16H2,1-3H3,(H,35,36)/t22-,23+,26-,28-,29?,31-,32+/m0/s1. The molecule has 2 aliphatic heterocycles. The smallest absolute Gasteiger partial charge is 0.345 e. The van der Waals surface area contributed by atoms with E-state index in [2.05, 4.69) is 4.90 Å². The number of ether oxygens (including phenoxy) is 5. The third-order valence-electron chi connectivity index (χ3n) is 9.38. The zero-order valence-electron chi connectivity index (χ0n) is 24.6. The van der Waals surface area contributed by atoms with Gasteiger partial charge in [0.2, 0.25) is 0 Å². The molecule has 0 radical (unpaired) electrons. The van der Waals surface area contributed by atoms with Crippen LogP contribution in [0, 0.1) is 0 Å². The van der Waals surface area contributed by atoms with Crippen molar-refractivity contribution in [3.63, 3.8) is 0 Å². The van der Waals surface area contributed by atoms with Crippen molar-refractivity contribution >= 4 is 17.9 Å². The highest BCUT2D eigenvalue weighted by atomic mass is 16.7. The first-order valence-corrected chi connectivity index (χ1v) is 14.5. The number of aliphatic carboxylic acids is 1. The maximum atomic E-state index is 13.9. The van der Waals surface area contributed by atoms with Gasteiger partial charge in [0.25, 0.3) is 0 Å². The molecule has 6 rings (SSSR count). The monoisotopic (exact) mass is 609 g/mol. The summed E-state index contributed by atoms with van der Waals surface area (Å²) in [6.07, 6.45) is -3.64. The number of nitrogens with zero attached hydrogens (tertiary/aromatic N) is 1. The van der Waals surface area contributed by atoms with Crippen molar-refractivity contribution in [3.05, 3.63) is 71.0 Å². The second-order valence-corrected chi connectivity index (χ2v) is 11.8. The summed E-state index contributed by atoms with van der Waals surface area (Å²) in [6.45, 7) is 1.76. The van der Waals surface area contributed by atoms with Crippen LogP contribution in [0.5, 0.6) is 11.5 Å². The average molecular weight is 610 g/mol. The number of carbonyl (C=O) groups is 3. The molecule has 44 heavy (non-hydrogen) atoms. The summed E-state index contributed by atoms with van der Waals surface area (Å²) in [5, 5.41) is 32.5. The second kappa shape index (κ2) is 11.2. The molecular formula is C32H35NO11. The van der Waals surface area contributed by atoms with E-state index in [1.165, 1.54) is 0 Å². The molecule has 12 heteroatoms. The molecule has 0 saturated carbocycles. The first kappa shape index (κ1) is 30.1. The Bertz CT molecular complexity index is 1490. The Morgan fingerprint density at radius 2 is 1.91 bits per heavy atom. The lowest BCUT2D eigenvalue weighted by Gasteiger charge is -2.61. The topological polar surface area (TPSA) is 161 Å². The van der Waals surface area contributed by atoms with Crippen molar-refractivity contribution < 1.29 is 53.4 Å². The number of benzene rings is 2. The third kappa shape index (κ3) is 4.64. The van der Waals surface area contributed by atoms with Crippen LogP contribution in [0.15, 0.2) is 54.3 Å². The number of hydrogen-bond acceptors (Lipinski definition) is 11. The molecular weight excluding hydrogens is 574 g/mol. The van der Waals surface area contributed by atoms with Crippen LogP contribution in [0.4, 0.5) is 0 Å². The molecule has 0 aromatic heterocycles.